The molecular formula is C7H14CrO6. The van der Waals surface area contributed by atoms with E-state index in [0.717, 1.165) is 0 Å². The van der Waals surface area contributed by atoms with Crippen LogP contribution in [0.25, 0.3) is 0 Å². The second-order valence-electron chi connectivity index (χ2n) is 0.519. The van der Waals surface area contributed by atoms with E-state index in [4.69, 9.17) is 29.1 Å². The summed E-state index contributed by atoms with van der Waals surface area (Å²) in [5, 5.41) is 7.92. The van der Waals surface area contributed by atoms with Crippen LogP contribution in [0.4, 0.5) is 0 Å². The van der Waals surface area contributed by atoms with E-state index in [1.165, 1.54) is 0 Å². The third-order valence-corrected chi connectivity index (χ3v) is 0. The van der Waals surface area contributed by atoms with Gasteiger partial charge in [-0.25, -0.2) is 0 Å². The molecule has 0 rings (SSSR count). The number of aliphatic hydroxyl groups excluding tert-OH is 1. The van der Waals surface area contributed by atoms with Crippen molar-refractivity contribution in [2.75, 3.05) is 0 Å². The molecule has 0 aromatic carbocycles. The van der Waals surface area contributed by atoms with Gasteiger partial charge >= 0.3 is 32.4 Å². The monoisotopic (exact) mass is 246 g/mol. The predicted octanol–water partition coefficient (Wildman–Crippen LogP) is -0.869. The summed E-state index contributed by atoms with van der Waals surface area (Å²) < 4.78 is 0.292. The Bertz CT molecular complexity index is 74.6. The van der Waals surface area contributed by atoms with Gasteiger partial charge in [0.25, 0.3) is 0 Å². The van der Waals surface area contributed by atoms with E-state index >= 15 is 0 Å². The van der Waals surface area contributed by atoms with Gasteiger partial charge in [-0.3, -0.25) is 0 Å². The van der Waals surface area contributed by atoms with Crippen LogP contribution in [0.1, 0.15) is 6.92 Å². The van der Waals surface area contributed by atoms with Crippen molar-refractivity contribution in [2.24, 2.45) is 0 Å². The quantitative estimate of drug-likeness (QED) is 0.595. The molecule has 0 unspecified atom stereocenters. The summed E-state index contributed by atoms with van der Waals surface area (Å²) in [6.45, 7) is 11.6. The molecule has 0 fully saturated rings. The van der Waals surface area contributed by atoms with Gasteiger partial charge in [0.15, 0.2) is 0 Å². The van der Waals surface area contributed by atoms with Crippen LogP contribution in [0.15, 0.2) is 0 Å². The first kappa shape index (κ1) is 38.7. The number of hydrogen-bond donors (Lipinski definition) is 1. The maximum atomic E-state index is 8.00. The second-order valence-corrected chi connectivity index (χ2v) is 1.44. The number of carbonyl (C=O) groups is 5. The number of rotatable bonds is 0. The van der Waals surface area contributed by atoms with Crippen molar-refractivity contribution in [2.45, 2.75) is 6.92 Å². The molecule has 1 N–H and O–H groups in total. The zero-order valence-corrected chi connectivity index (χ0v) is 9.21. The van der Waals surface area contributed by atoms with Gasteiger partial charge in [-0.15, -0.1) is 0 Å². The van der Waals surface area contributed by atoms with E-state index in [0.29, 0.717) is 4.57 Å². The molecule has 84 valence electrons. The summed E-state index contributed by atoms with van der Waals surface area (Å²) >= 11 is 2.38. The first-order valence-electron chi connectivity index (χ1n) is 2.37. The molecule has 0 spiro atoms. The van der Waals surface area contributed by atoms with Crippen molar-refractivity contribution in [1.82, 2.24) is 0 Å². The zero-order chi connectivity index (χ0) is 13.6. The van der Waals surface area contributed by atoms with E-state index in [1.54, 1.807) is 6.92 Å². The maximum absolute atomic E-state index is 8.00. The van der Waals surface area contributed by atoms with Crippen molar-refractivity contribution >= 4 is 38.5 Å². The fourth-order valence-electron chi connectivity index (χ4n) is 0. The summed E-state index contributed by atoms with van der Waals surface area (Å²) in [5.74, 6) is 0. The Morgan fingerprint density at radius 3 is 0.786 bits per heavy atom. The molecule has 14 heavy (non-hydrogen) atoms. The minimum absolute atomic E-state index is 0.292. The molecule has 0 aliphatic rings. The summed E-state index contributed by atoms with van der Waals surface area (Å²) in [4.78, 5) is 40.0. The normalized spacial score (nSPS) is 3.29. The van der Waals surface area contributed by atoms with Gasteiger partial charge in [0.05, 0.1) is 0 Å². The molecule has 0 aromatic rings. The molecule has 7 heteroatoms. The van der Waals surface area contributed by atoms with Crippen LogP contribution in [0.5, 0.6) is 0 Å². The van der Waals surface area contributed by atoms with Gasteiger partial charge in [-0.1, -0.05) is 0 Å². The Morgan fingerprint density at radius 2 is 0.786 bits per heavy atom. The zero-order valence-electron chi connectivity index (χ0n) is 7.93. The van der Waals surface area contributed by atoms with E-state index in [2.05, 4.69) is 15.9 Å². The molecule has 0 radical (unpaired) electrons. The standard InChI is InChI=1S/C2H4O.5CH2O.Cr/c1-2-3;5*1-2;/h3H,1H3;5*1H2;. The van der Waals surface area contributed by atoms with Crippen molar-refractivity contribution < 1.29 is 44.9 Å². The van der Waals surface area contributed by atoms with Crippen molar-refractivity contribution in [3.05, 3.63) is 0 Å². The molecule has 0 bridgehead atoms. The molecule has 0 aliphatic carbocycles. The molecule has 0 amide bonds. The van der Waals surface area contributed by atoms with Crippen LogP contribution in [0.3, 0.4) is 0 Å². The molecule has 6 nitrogen and oxygen atoms in total. The molecular weight excluding hydrogens is 232 g/mol. The van der Waals surface area contributed by atoms with Gasteiger partial charge in [0, 0.05) is 0 Å². The van der Waals surface area contributed by atoms with E-state index in [-0.39, 0.29) is 0 Å². The van der Waals surface area contributed by atoms with Gasteiger partial charge in [-0.2, -0.15) is 0 Å². The van der Waals surface area contributed by atoms with Crippen molar-refractivity contribution in [3.63, 3.8) is 0 Å². The van der Waals surface area contributed by atoms with Crippen LogP contribution in [0.2, 0.25) is 0 Å². The summed E-state index contributed by atoms with van der Waals surface area (Å²) in [5.41, 5.74) is 0. The summed E-state index contributed by atoms with van der Waals surface area (Å²) in [7, 11) is 0. The minimum atomic E-state index is 0.292. The Labute approximate surface area is 90.9 Å². The van der Waals surface area contributed by atoms with E-state index in [1.807, 2.05) is 33.9 Å². The number of hydrogen-bond acceptors (Lipinski definition) is 6. The average Bonchev–Trinajstić information content (AvgIpc) is 2.30. The first-order chi connectivity index (χ1) is 6.73. The Morgan fingerprint density at radius 1 is 0.786 bits per heavy atom. The SMILES string of the molecule is C=O.C=O.C=O.C=O.C=O.C[C](O)=[Cr]. The van der Waals surface area contributed by atoms with Gasteiger partial charge in [-0.05, 0) is 0 Å². The van der Waals surface area contributed by atoms with Crippen LogP contribution in [-0.2, 0) is 39.8 Å². The Hall–Kier alpha value is -1.29. The van der Waals surface area contributed by atoms with Gasteiger partial charge in [0.2, 0.25) is 0 Å². The van der Waals surface area contributed by atoms with Crippen LogP contribution in [-0.4, -0.2) is 43.6 Å². The van der Waals surface area contributed by atoms with Crippen molar-refractivity contribution in [3.8, 4) is 0 Å². The third kappa shape index (κ3) is 610. The molecule has 0 heterocycles. The van der Waals surface area contributed by atoms with Crippen LogP contribution in [0, 0.1) is 0 Å². The molecule has 0 saturated carbocycles. The predicted molar refractivity (Wildman–Crippen MR) is 48.2 cm³/mol. The fourth-order valence-corrected chi connectivity index (χ4v) is 0. The topological polar surface area (TPSA) is 106 Å². The molecule has 0 saturated heterocycles. The molecule has 0 atom stereocenters. The average molecular weight is 246 g/mol. The first-order valence-corrected chi connectivity index (χ1v) is 3.01. The van der Waals surface area contributed by atoms with E-state index < -0.39 is 0 Å². The molecule has 0 aliphatic heterocycles. The number of aliphatic hydroxyl groups is 1. The van der Waals surface area contributed by atoms with Crippen LogP contribution >= 0.6 is 0 Å². The fraction of sp³-hybridized carbons (Fsp3) is 0.143. The van der Waals surface area contributed by atoms with Crippen molar-refractivity contribution in [1.29, 1.82) is 0 Å². The molecule has 0 aromatic heterocycles. The summed E-state index contributed by atoms with van der Waals surface area (Å²) in [6.07, 6.45) is 0. The van der Waals surface area contributed by atoms with Crippen LogP contribution < -0.4 is 0 Å². The van der Waals surface area contributed by atoms with E-state index in [9.17, 15) is 0 Å². The summed E-state index contributed by atoms with van der Waals surface area (Å²) in [6, 6.07) is 0. The van der Waals surface area contributed by atoms with Gasteiger partial charge in [0.1, 0.15) is 33.9 Å². The number of carbonyl (C=O) groups excluding carboxylic acids is 5. The second kappa shape index (κ2) is 458. The third-order valence-electron chi connectivity index (χ3n) is 0. The Kier molecular flexibility index (Phi) is 1270. The van der Waals surface area contributed by atoms with Gasteiger partial charge < -0.3 is 24.0 Å². The Balaban J connectivity index is -0.0000000143.